The Labute approximate surface area is 112 Å². The van der Waals surface area contributed by atoms with Gasteiger partial charge in [0, 0.05) is 13.5 Å². The number of aliphatic hydroxyl groups is 1. The second kappa shape index (κ2) is 5.84. The van der Waals surface area contributed by atoms with Crippen molar-refractivity contribution in [2.45, 2.75) is 32.5 Å². The Kier molecular flexibility index (Phi) is 4.16. The van der Waals surface area contributed by atoms with Gasteiger partial charge < -0.3 is 9.84 Å². The first kappa shape index (κ1) is 13.5. The normalized spacial score (nSPS) is 12.7. The molecule has 1 unspecified atom stereocenters. The molecule has 0 spiro atoms. The zero-order chi connectivity index (χ0) is 13.8. The molecule has 1 aromatic carbocycles. The molecule has 0 radical (unpaired) electrons. The van der Waals surface area contributed by atoms with Crippen molar-refractivity contribution in [3.63, 3.8) is 0 Å². The highest BCUT2D eigenvalue weighted by Crippen LogP contribution is 2.22. The number of hydrogen-bond acceptors (Lipinski definition) is 4. The summed E-state index contributed by atoms with van der Waals surface area (Å²) in [5, 5.41) is 14.2. The number of aromatic nitrogens is 3. The number of aliphatic hydroxyl groups excluding tert-OH is 1. The molecule has 0 saturated heterocycles. The number of rotatable bonds is 5. The van der Waals surface area contributed by atoms with Gasteiger partial charge in [0.1, 0.15) is 17.9 Å². The zero-order valence-corrected chi connectivity index (χ0v) is 11.4. The van der Waals surface area contributed by atoms with Crippen LogP contribution in [-0.4, -0.2) is 26.0 Å². The number of hydrogen-bond donors (Lipinski definition) is 1. The highest BCUT2D eigenvalue weighted by Gasteiger charge is 2.13. The number of nitrogens with zero attached hydrogens (tertiary/aromatic N) is 3. The lowest BCUT2D eigenvalue weighted by Crippen LogP contribution is -2.09. The van der Waals surface area contributed by atoms with Gasteiger partial charge in [-0.2, -0.15) is 5.10 Å². The minimum Gasteiger partial charge on any atom is -0.491 e. The summed E-state index contributed by atoms with van der Waals surface area (Å²) in [4.78, 5) is 4.11. The van der Waals surface area contributed by atoms with Gasteiger partial charge in [0.15, 0.2) is 0 Å². The standard InChI is InChI=1S/C14H19N3O2/c1-10(2)19-12-6-4-5-11(7-12)13(18)8-14-15-9-16-17(14)3/h4-7,9-10,13,18H,8H2,1-3H3. The molecule has 1 atom stereocenters. The molecule has 2 aromatic rings. The molecule has 1 heterocycles. The van der Waals surface area contributed by atoms with E-state index in [4.69, 9.17) is 4.74 Å². The van der Waals surface area contributed by atoms with Gasteiger partial charge in [-0.15, -0.1) is 0 Å². The van der Waals surface area contributed by atoms with Gasteiger partial charge >= 0.3 is 0 Å². The molecule has 5 heteroatoms. The fourth-order valence-corrected chi connectivity index (χ4v) is 1.86. The van der Waals surface area contributed by atoms with Gasteiger partial charge in [-0.1, -0.05) is 12.1 Å². The average molecular weight is 261 g/mol. The van der Waals surface area contributed by atoms with Crippen molar-refractivity contribution in [3.05, 3.63) is 42.0 Å². The van der Waals surface area contributed by atoms with Gasteiger partial charge in [-0.3, -0.25) is 4.68 Å². The van der Waals surface area contributed by atoms with E-state index in [-0.39, 0.29) is 6.10 Å². The van der Waals surface area contributed by atoms with Crippen molar-refractivity contribution in [2.75, 3.05) is 0 Å². The molecule has 19 heavy (non-hydrogen) atoms. The predicted octanol–water partition coefficient (Wildman–Crippen LogP) is 1.88. The molecular formula is C14H19N3O2. The van der Waals surface area contributed by atoms with Crippen molar-refractivity contribution < 1.29 is 9.84 Å². The lowest BCUT2D eigenvalue weighted by molar-refractivity contribution is 0.173. The second-order valence-corrected chi connectivity index (χ2v) is 4.76. The van der Waals surface area contributed by atoms with Gasteiger partial charge in [0.25, 0.3) is 0 Å². The van der Waals surface area contributed by atoms with Crippen LogP contribution in [0.25, 0.3) is 0 Å². The minimum absolute atomic E-state index is 0.117. The van der Waals surface area contributed by atoms with E-state index in [0.29, 0.717) is 6.42 Å². The molecule has 5 nitrogen and oxygen atoms in total. The average Bonchev–Trinajstić information content (AvgIpc) is 2.74. The molecular weight excluding hydrogens is 242 g/mol. The highest BCUT2D eigenvalue weighted by atomic mass is 16.5. The third-order valence-corrected chi connectivity index (χ3v) is 2.80. The van der Waals surface area contributed by atoms with Crippen molar-refractivity contribution >= 4 is 0 Å². The number of benzene rings is 1. The maximum atomic E-state index is 10.2. The van der Waals surface area contributed by atoms with E-state index in [2.05, 4.69) is 10.1 Å². The Balaban J connectivity index is 2.10. The van der Waals surface area contributed by atoms with Crippen LogP contribution in [0.3, 0.4) is 0 Å². The Morgan fingerprint density at radius 1 is 1.37 bits per heavy atom. The molecule has 102 valence electrons. The van der Waals surface area contributed by atoms with Crippen molar-refractivity contribution in [1.82, 2.24) is 14.8 Å². The second-order valence-electron chi connectivity index (χ2n) is 4.76. The van der Waals surface area contributed by atoms with Crippen molar-refractivity contribution in [2.24, 2.45) is 7.05 Å². The lowest BCUT2D eigenvalue weighted by Gasteiger charge is -2.14. The summed E-state index contributed by atoms with van der Waals surface area (Å²) in [6.45, 7) is 3.95. The molecule has 2 rings (SSSR count). The summed E-state index contributed by atoms with van der Waals surface area (Å²) in [5.41, 5.74) is 0.821. The van der Waals surface area contributed by atoms with Gasteiger partial charge in [-0.25, -0.2) is 4.98 Å². The molecule has 0 aliphatic rings. The minimum atomic E-state index is -0.612. The molecule has 0 aliphatic heterocycles. The summed E-state index contributed by atoms with van der Waals surface area (Å²) < 4.78 is 7.28. The van der Waals surface area contributed by atoms with Gasteiger partial charge in [0.05, 0.1) is 12.2 Å². The predicted molar refractivity (Wildman–Crippen MR) is 71.9 cm³/mol. The van der Waals surface area contributed by atoms with Gasteiger partial charge in [-0.05, 0) is 31.5 Å². The van der Waals surface area contributed by atoms with Crippen LogP contribution in [0.1, 0.15) is 31.3 Å². The van der Waals surface area contributed by atoms with E-state index in [1.54, 1.807) is 4.68 Å². The van der Waals surface area contributed by atoms with Crippen molar-refractivity contribution in [3.8, 4) is 5.75 Å². The van der Waals surface area contributed by atoms with E-state index in [1.165, 1.54) is 6.33 Å². The fourth-order valence-electron chi connectivity index (χ4n) is 1.86. The first-order chi connectivity index (χ1) is 9.06. The quantitative estimate of drug-likeness (QED) is 0.892. The van der Waals surface area contributed by atoms with Crippen LogP contribution < -0.4 is 4.74 Å². The third kappa shape index (κ3) is 3.54. The summed E-state index contributed by atoms with van der Waals surface area (Å²) >= 11 is 0. The molecule has 1 N–H and O–H groups in total. The van der Waals surface area contributed by atoms with Crippen LogP contribution in [-0.2, 0) is 13.5 Å². The Hall–Kier alpha value is -1.88. The first-order valence-electron chi connectivity index (χ1n) is 6.34. The van der Waals surface area contributed by atoms with Crippen molar-refractivity contribution in [1.29, 1.82) is 0 Å². The molecule has 1 aromatic heterocycles. The molecule has 0 aliphatic carbocycles. The Morgan fingerprint density at radius 3 is 2.79 bits per heavy atom. The van der Waals surface area contributed by atoms with Crippen LogP contribution in [0.5, 0.6) is 5.75 Å². The maximum Gasteiger partial charge on any atom is 0.138 e. The molecule has 0 fully saturated rings. The zero-order valence-electron chi connectivity index (χ0n) is 11.4. The van der Waals surface area contributed by atoms with E-state index in [1.807, 2.05) is 45.2 Å². The smallest absolute Gasteiger partial charge is 0.138 e. The van der Waals surface area contributed by atoms with E-state index < -0.39 is 6.10 Å². The summed E-state index contributed by atoms with van der Waals surface area (Å²) in [6, 6.07) is 7.51. The van der Waals surface area contributed by atoms with Crippen LogP contribution in [0.4, 0.5) is 0 Å². The Morgan fingerprint density at radius 2 is 2.16 bits per heavy atom. The molecule has 0 bridgehead atoms. The molecule has 0 amide bonds. The SMILES string of the molecule is CC(C)Oc1cccc(C(O)Cc2ncnn2C)c1. The highest BCUT2D eigenvalue weighted by molar-refractivity contribution is 5.30. The van der Waals surface area contributed by atoms with Crippen LogP contribution in [0.2, 0.25) is 0 Å². The van der Waals surface area contributed by atoms with Crippen LogP contribution >= 0.6 is 0 Å². The number of aryl methyl sites for hydroxylation is 1. The largest absolute Gasteiger partial charge is 0.491 e. The lowest BCUT2D eigenvalue weighted by atomic mass is 10.1. The Bertz CT molecular complexity index is 537. The van der Waals surface area contributed by atoms with E-state index >= 15 is 0 Å². The maximum absolute atomic E-state index is 10.2. The summed E-state index contributed by atoms with van der Waals surface area (Å²) in [7, 11) is 1.81. The van der Waals surface area contributed by atoms with Gasteiger partial charge in [0.2, 0.25) is 0 Å². The van der Waals surface area contributed by atoms with E-state index in [9.17, 15) is 5.11 Å². The molecule has 0 saturated carbocycles. The van der Waals surface area contributed by atoms with Crippen LogP contribution in [0.15, 0.2) is 30.6 Å². The topological polar surface area (TPSA) is 60.2 Å². The third-order valence-electron chi connectivity index (χ3n) is 2.80. The van der Waals surface area contributed by atoms with E-state index in [0.717, 1.165) is 17.1 Å². The summed E-state index contributed by atoms with van der Waals surface area (Å²) in [5.74, 6) is 1.52. The van der Waals surface area contributed by atoms with Crippen LogP contribution in [0, 0.1) is 0 Å². The summed E-state index contributed by atoms with van der Waals surface area (Å²) in [6.07, 6.45) is 1.42. The first-order valence-corrected chi connectivity index (χ1v) is 6.34. The fraction of sp³-hybridized carbons (Fsp3) is 0.429. The monoisotopic (exact) mass is 261 g/mol. The number of ether oxygens (including phenoxy) is 1.